The number of nitrogens with zero attached hydrogens (tertiary/aromatic N) is 4. The van der Waals surface area contributed by atoms with E-state index in [4.69, 9.17) is 14.6 Å². The van der Waals surface area contributed by atoms with Gasteiger partial charge in [0, 0.05) is 37.9 Å². The topological polar surface area (TPSA) is 163 Å². The minimum atomic E-state index is -3.71. The van der Waals surface area contributed by atoms with Gasteiger partial charge in [0.1, 0.15) is 0 Å². The molecule has 204 valence electrons. The lowest BCUT2D eigenvalue weighted by Gasteiger charge is -2.30. The molecule has 0 bridgehead atoms. The van der Waals surface area contributed by atoms with Crippen molar-refractivity contribution in [2.45, 2.75) is 37.8 Å². The van der Waals surface area contributed by atoms with E-state index in [9.17, 15) is 23.4 Å². The van der Waals surface area contributed by atoms with Crippen LogP contribution in [-0.4, -0.2) is 79.2 Å². The lowest BCUT2D eigenvalue weighted by molar-refractivity contribution is 0.0853. The molecule has 37 heavy (non-hydrogen) atoms. The Labute approximate surface area is 215 Å². The van der Waals surface area contributed by atoms with Crippen LogP contribution in [0.5, 0.6) is 5.88 Å². The molecule has 1 fully saturated rings. The van der Waals surface area contributed by atoms with Crippen molar-refractivity contribution in [3.8, 4) is 5.88 Å². The largest absolute Gasteiger partial charge is 0.493 e. The highest BCUT2D eigenvalue weighted by Crippen LogP contribution is 2.33. The third-order valence-electron chi connectivity index (χ3n) is 6.24. The minimum Gasteiger partial charge on any atom is -0.493 e. The molecule has 13 heteroatoms. The average Bonchev–Trinajstić information content (AvgIpc) is 2.91. The van der Waals surface area contributed by atoms with E-state index >= 15 is 0 Å². The number of aliphatic hydroxyl groups is 2. The van der Waals surface area contributed by atoms with Gasteiger partial charge in [-0.2, -0.15) is 9.42 Å². The van der Waals surface area contributed by atoms with E-state index in [2.05, 4.69) is 10.2 Å². The second kappa shape index (κ2) is 13.2. The molecule has 2 heterocycles. The molecule has 0 radical (unpaired) electrons. The summed E-state index contributed by atoms with van der Waals surface area (Å²) in [5, 5.41) is 37.4. The average molecular weight is 539 g/mol. The predicted octanol–water partition coefficient (Wildman–Crippen LogP) is 1.83. The van der Waals surface area contributed by atoms with Crippen LogP contribution in [0.2, 0.25) is 0 Å². The van der Waals surface area contributed by atoms with E-state index < -0.39 is 21.5 Å². The van der Waals surface area contributed by atoms with Crippen molar-refractivity contribution < 1.29 is 33.2 Å². The van der Waals surface area contributed by atoms with Crippen LogP contribution in [0.25, 0.3) is 0 Å². The molecule has 1 unspecified atom stereocenters. The lowest BCUT2D eigenvalue weighted by Crippen LogP contribution is -2.40. The molecule has 1 aliphatic rings. The number of aromatic nitrogens is 1. The van der Waals surface area contributed by atoms with Crippen LogP contribution in [0.1, 0.15) is 24.0 Å². The molecule has 1 aromatic carbocycles. The Morgan fingerprint density at radius 3 is 2.51 bits per heavy atom. The Morgan fingerprint density at radius 1 is 1.14 bits per heavy atom. The van der Waals surface area contributed by atoms with Gasteiger partial charge in [-0.15, -0.1) is 5.11 Å². The van der Waals surface area contributed by atoms with E-state index in [0.29, 0.717) is 29.8 Å². The zero-order chi connectivity index (χ0) is 27.0. The highest BCUT2D eigenvalue weighted by molar-refractivity contribution is 7.89. The van der Waals surface area contributed by atoms with Crippen LogP contribution >= 0.6 is 0 Å². The molecule has 0 spiro atoms. The first-order valence-electron chi connectivity index (χ1n) is 12.0. The molecule has 0 amide bonds. The van der Waals surface area contributed by atoms with Crippen molar-refractivity contribution in [2.24, 2.45) is 16.1 Å². The van der Waals surface area contributed by atoms with Crippen molar-refractivity contribution >= 4 is 21.4 Å². The fraction of sp³-hybridized carbons (Fsp3) is 0.542. The number of ether oxygens (including phenoxy) is 2. The van der Waals surface area contributed by atoms with Gasteiger partial charge in [-0.05, 0) is 49.9 Å². The summed E-state index contributed by atoms with van der Waals surface area (Å²) >= 11 is 0. The van der Waals surface area contributed by atoms with Crippen LogP contribution in [-0.2, 0) is 32.6 Å². The Bertz CT molecular complexity index is 1240. The molecule has 1 aliphatic heterocycles. The van der Waals surface area contributed by atoms with Gasteiger partial charge in [0.05, 0.1) is 43.6 Å². The van der Waals surface area contributed by atoms with Gasteiger partial charge in [-0.1, -0.05) is 0 Å². The molecule has 3 rings (SSSR count). The van der Waals surface area contributed by atoms with E-state index in [0.717, 1.165) is 11.0 Å². The monoisotopic (exact) mass is 538 g/mol. The zero-order valence-corrected chi connectivity index (χ0v) is 21.9. The number of aliphatic hydroxyl groups excluding tert-OH is 2. The first-order chi connectivity index (χ1) is 17.7. The van der Waals surface area contributed by atoms with E-state index in [1.54, 1.807) is 6.92 Å². The number of aromatic hydroxyl groups is 1. The van der Waals surface area contributed by atoms with Crippen molar-refractivity contribution in [1.29, 1.82) is 0 Å². The summed E-state index contributed by atoms with van der Waals surface area (Å²) in [7, 11) is -2.26. The van der Waals surface area contributed by atoms with Crippen molar-refractivity contribution in [2.75, 3.05) is 46.6 Å². The fourth-order valence-corrected chi connectivity index (χ4v) is 5.71. The van der Waals surface area contributed by atoms with Gasteiger partial charge in [-0.25, -0.2) is 8.42 Å². The maximum absolute atomic E-state index is 13.0. The van der Waals surface area contributed by atoms with Gasteiger partial charge in [0.15, 0.2) is 5.69 Å². The number of hydrogen-bond donors (Lipinski definition) is 3. The van der Waals surface area contributed by atoms with Crippen LogP contribution in [0, 0.1) is 12.8 Å². The number of piperidine rings is 1. The maximum atomic E-state index is 13.0. The third-order valence-corrected chi connectivity index (χ3v) is 8.11. The summed E-state index contributed by atoms with van der Waals surface area (Å²) in [6.45, 7) is 2.34. The summed E-state index contributed by atoms with van der Waals surface area (Å²) in [6.07, 6.45) is 1.49. The van der Waals surface area contributed by atoms with Crippen LogP contribution in [0.4, 0.5) is 11.4 Å². The van der Waals surface area contributed by atoms with E-state index in [1.807, 2.05) is 0 Å². The Kier molecular flexibility index (Phi) is 10.3. The first kappa shape index (κ1) is 28.9. The molecule has 3 N–H and O–H groups in total. The number of sulfonamides is 1. The van der Waals surface area contributed by atoms with Gasteiger partial charge in [-0.3, -0.25) is 9.36 Å². The van der Waals surface area contributed by atoms with Crippen LogP contribution < -0.4 is 5.56 Å². The Hall–Kier alpha value is -2.68. The summed E-state index contributed by atoms with van der Waals surface area (Å²) in [4.78, 5) is 12.9. The zero-order valence-electron chi connectivity index (χ0n) is 21.0. The SMILES string of the molecule is COCc1c(/N=N/c2ccc(S(=O)(=O)N3CCCC(CO)C3)cc2)c(O)n(CCOCCO)c(=O)c1C. The molecule has 0 saturated carbocycles. The Balaban J connectivity index is 1.87. The molecule has 12 nitrogen and oxygen atoms in total. The smallest absolute Gasteiger partial charge is 0.256 e. The normalized spacial score (nSPS) is 17.0. The number of hydrogen-bond acceptors (Lipinski definition) is 10. The second-order valence-corrected chi connectivity index (χ2v) is 10.7. The van der Waals surface area contributed by atoms with Gasteiger partial charge >= 0.3 is 0 Å². The van der Waals surface area contributed by atoms with E-state index in [-0.39, 0.29) is 62.6 Å². The maximum Gasteiger partial charge on any atom is 0.256 e. The molecule has 1 atom stereocenters. The van der Waals surface area contributed by atoms with Gasteiger partial charge < -0.3 is 24.8 Å². The number of benzene rings is 1. The summed E-state index contributed by atoms with van der Waals surface area (Å²) in [6, 6.07) is 5.88. The standard InChI is InChI=1S/C24H34N4O8S/c1-17-21(16-35-2)22(24(32)28(23(17)31)10-12-36-13-11-29)26-25-19-5-7-20(8-6-19)37(33,34)27-9-3-4-18(14-27)15-30/h5-8,18,29-30,32H,3-4,9-16H2,1-2H3/b26-25+. The molecular weight excluding hydrogens is 504 g/mol. The predicted molar refractivity (Wildman–Crippen MR) is 135 cm³/mol. The third kappa shape index (κ3) is 6.80. The van der Waals surface area contributed by atoms with Crippen LogP contribution in [0.15, 0.2) is 44.2 Å². The number of pyridine rings is 1. The number of azo groups is 1. The second-order valence-electron chi connectivity index (χ2n) is 8.75. The molecular formula is C24H34N4O8S. The van der Waals surface area contributed by atoms with E-state index in [1.165, 1.54) is 35.7 Å². The lowest BCUT2D eigenvalue weighted by atomic mass is 10.0. The van der Waals surface area contributed by atoms with Crippen molar-refractivity contribution in [3.05, 3.63) is 45.7 Å². The highest BCUT2D eigenvalue weighted by Gasteiger charge is 2.30. The molecule has 1 aromatic heterocycles. The van der Waals surface area contributed by atoms with Crippen LogP contribution in [0.3, 0.4) is 0 Å². The van der Waals surface area contributed by atoms with Crippen molar-refractivity contribution in [1.82, 2.24) is 8.87 Å². The molecule has 1 saturated heterocycles. The summed E-state index contributed by atoms with van der Waals surface area (Å²) < 4.78 is 39.0. The van der Waals surface area contributed by atoms with Gasteiger partial charge in [0.2, 0.25) is 15.9 Å². The Morgan fingerprint density at radius 2 is 1.86 bits per heavy atom. The summed E-state index contributed by atoms with van der Waals surface area (Å²) in [5.41, 5.74) is 0.687. The fourth-order valence-electron chi connectivity index (χ4n) is 4.16. The highest BCUT2D eigenvalue weighted by atomic mass is 32.2. The van der Waals surface area contributed by atoms with Crippen molar-refractivity contribution in [3.63, 3.8) is 0 Å². The minimum absolute atomic E-state index is 0.0205. The molecule has 2 aromatic rings. The summed E-state index contributed by atoms with van der Waals surface area (Å²) in [5.74, 6) is -0.472. The van der Waals surface area contributed by atoms with Gasteiger partial charge in [0.25, 0.3) is 5.56 Å². The number of rotatable bonds is 12. The molecule has 0 aliphatic carbocycles. The first-order valence-corrected chi connectivity index (χ1v) is 13.4. The number of methoxy groups -OCH3 is 1. The quantitative estimate of drug-likeness (QED) is 0.272.